The number of halogens is 1. The predicted molar refractivity (Wildman–Crippen MR) is 98.0 cm³/mol. The highest BCUT2D eigenvalue weighted by molar-refractivity contribution is 7.92. The standard InChI is InChI=1S/C18H11ClN2O4S/c19-11-4-6-12(7-5-11)21-26(24,25)13-8-10-2-1-3-14-16(10)15(9-13)18(23)20-17(14)22/h1-9,21H,(H,20,22,23). The van der Waals surface area contributed by atoms with E-state index in [0.29, 0.717) is 27.0 Å². The van der Waals surface area contributed by atoms with Crippen molar-refractivity contribution in [2.45, 2.75) is 4.90 Å². The summed E-state index contributed by atoms with van der Waals surface area (Å²) in [6.45, 7) is 0. The van der Waals surface area contributed by atoms with E-state index in [0.717, 1.165) is 0 Å². The molecule has 0 atom stereocenters. The van der Waals surface area contributed by atoms with E-state index in [-0.39, 0.29) is 10.5 Å². The molecule has 2 N–H and O–H groups in total. The number of sulfonamides is 1. The molecule has 4 rings (SSSR count). The molecule has 0 fully saturated rings. The van der Waals surface area contributed by atoms with Gasteiger partial charge in [0.15, 0.2) is 0 Å². The summed E-state index contributed by atoms with van der Waals surface area (Å²) in [4.78, 5) is 24.1. The lowest BCUT2D eigenvalue weighted by atomic mass is 9.95. The van der Waals surface area contributed by atoms with Crippen LogP contribution in [0.5, 0.6) is 0 Å². The molecule has 2 amide bonds. The van der Waals surface area contributed by atoms with Gasteiger partial charge >= 0.3 is 0 Å². The zero-order valence-corrected chi connectivity index (χ0v) is 14.7. The summed E-state index contributed by atoms with van der Waals surface area (Å²) in [5, 5.41) is 3.66. The summed E-state index contributed by atoms with van der Waals surface area (Å²) in [7, 11) is -3.93. The highest BCUT2D eigenvalue weighted by Crippen LogP contribution is 2.30. The molecule has 0 unspecified atom stereocenters. The minimum absolute atomic E-state index is 0.0726. The van der Waals surface area contributed by atoms with Gasteiger partial charge in [-0.3, -0.25) is 19.6 Å². The van der Waals surface area contributed by atoms with E-state index in [2.05, 4.69) is 10.0 Å². The molecule has 0 radical (unpaired) electrons. The van der Waals surface area contributed by atoms with Crippen molar-refractivity contribution in [1.82, 2.24) is 5.32 Å². The number of imide groups is 1. The number of carbonyl (C=O) groups excluding carboxylic acids is 2. The maximum atomic E-state index is 12.7. The smallest absolute Gasteiger partial charge is 0.261 e. The maximum Gasteiger partial charge on any atom is 0.261 e. The SMILES string of the molecule is O=C1NC(=O)c2cc(S(=O)(=O)Nc3ccc(Cl)cc3)cc3cccc1c23. The zero-order valence-electron chi connectivity index (χ0n) is 13.1. The fourth-order valence-corrected chi connectivity index (χ4v) is 4.14. The van der Waals surface area contributed by atoms with Crippen molar-refractivity contribution < 1.29 is 18.0 Å². The highest BCUT2D eigenvalue weighted by atomic mass is 35.5. The van der Waals surface area contributed by atoms with Gasteiger partial charge in [-0.15, -0.1) is 0 Å². The average molecular weight is 387 g/mol. The fraction of sp³-hybridized carbons (Fsp3) is 0. The third kappa shape index (κ3) is 2.71. The number of amides is 2. The van der Waals surface area contributed by atoms with Gasteiger partial charge < -0.3 is 0 Å². The number of benzene rings is 3. The molecular weight excluding hydrogens is 376 g/mol. The summed E-state index contributed by atoms with van der Waals surface area (Å²) in [5.41, 5.74) is 0.831. The van der Waals surface area contributed by atoms with Crippen LogP contribution in [0.2, 0.25) is 5.02 Å². The van der Waals surface area contributed by atoms with Crippen molar-refractivity contribution in [1.29, 1.82) is 0 Å². The van der Waals surface area contributed by atoms with Crippen LogP contribution >= 0.6 is 11.6 Å². The number of hydrogen-bond donors (Lipinski definition) is 2. The van der Waals surface area contributed by atoms with E-state index in [9.17, 15) is 18.0 Å². The van der Waals surface area contributed by atoms with Gasteiger partial charge in [-0.1, -0.05) is 23.7 Å². The van der Waals surface area contributed by atoms with Gasteiger partial charge in [0.05, 0.1) is 4.90 Å². The van der Waals surface area contributed by atoms with Crippen molar-refractivity contribution in [3.63, 3.8) is 0 Å². The van der Waals surface area contributed by atoms with Crippen molar-refractivity contribution >= 4 is 49.9 Å². The Morgan fingerprint density at radius 3 is 2.31 bits per heavy atom. The van der Waals surface area contributed by atoms with Gasteiger partial charge in [0.2, 0.25) is 0 Å². The Morgan fingerprint density at radius 2 is 1.58 bits per heavy atom. The van der Waals surface area contributed by atoms with Crippen LogP contribution < -0.4 is 10.0 Å². The van der Waals surface area contributed by atoms with E-state index in [1.165, 1.54) is 24.3 Å². The van der Waals surface area contributed by atoms with Crippen LogP contribution in [0.4, 0.5) is 5.69 Å². The van der Waals surface area contributed by atoms with Crippen LogP contribution in [0.15, 0.2) is 59.5 Å². The van der Waals surface area contributed by atoms with Gasteiger partial charge in [0.25, 0.3) is 21.8 Å². The molecule has 1 aliphatic rings. The van der Waals surface area contributed by atoms with Crippen LogP contribution in [0, 0.1) is 0 Å². The number of hydrogen-bond acceptors (Lipinski definition) is 4. The lowest BCUT2D eigenvalue weighted by Crippen LogP contribution is -2.34. The summed E-state index contributed by atoms with van der Waals surface area (Å²) >= 11 is 5.80. The monoisotopic (exact) mass is 386 g/mol. The van der Waals surface area contributed by atoms with Crippen molar-refractivity contribution in [3.8, 4) is 0 Å². The molecule has 0 bridgehead atoms. The molecule has 3 aromatic carbocycles. The first kappa shape index (κ1) is 16.6. The van der Waals surface area contributed by atoms with Gasteiger partial charge in [-0.2, -0.15) is 0 Å². The lowest BCUT2D eigenvalue weighted by molar-refractivity contribution is 0.0845. The van der Waals surface area contributed by atoms with Crippen LogP contribution in [0.1, 0.15) is 20.7 Å². The van der Waals surface area contributed by atoms with Crippen LogP contribution in [-0.4, -0.2) is 20.2 Å². The molecule has 6 nitrogen and oxygen atoms in total. The Labute approximate surface area is 153 Å². The first-order valence-electron chi connectivity index (χ1n) is 7.56. The normalized spacial score (nSPS) is 13.6. The number of nitrogens with one attached hydrogen (secondary N) is 2. The highest BCUT2D eigenvalue weighted by Gasteiger charge is 2.27. The van der Waals surface area contributed by atoms with E-state index < -0.39 is 21.8 Å². The van der Waals surface area contributed by atoms with Crippen molar-refractivity contribution in [2.24, 2.45) is 0 Å². The molecular formula is C18H11ClN2O4S. The molecule has 0 saturated heterocycles. The van der Waals surface area contributed by atoms with Gasteiger partial charge in [-0.25, -0.2) is 8.42 Å². The van der Waals surface area contributed by atoms with E-state index >= 15 is 0 Å². The van der Waals surface area contributed by atoms with Crippen molar-refractivity contribution in [3.05, 3.63) is 70.7 Å². The molecule has 1 aliphatic heterocycles. The number of carbonyl (C=O) groups is 2. The topological polar surface area (TPSA) is 92.3 Å². The van der Waals surface area contributed by atoms with E-state index in [1.54, 1.807) is 30.3 Å². The first-order chi connectivity index (χ1) is 12.3. The second kappa shape index (κ2) is 5.82. The van der Waals surface area contributed by atoms with E-state index in [1.807, 2.05) is 0 Å². The fourth-order valence-electron chi connectivity index (χ4n) is 2.89. The number of rotatable bonds is 3. The molecule has 0 spiro atoms. The quantitative estimate of drug-likeness (QED) is 0.676. The van der Waals surface area contributed by atoms with Gasteiger partial charge in [0.1, 0.15) is 0 Å². The van der Waals surface area contributed by atoms with Crippen LogP contribution in [0.3, 0.4) is 0 Å². The third-order valence-corrected chi connectivity index (χ3v) is 5.69. The second-order valence-corrected chi connectivity index (χ2v) is 7.89. The minimum atomic E-state index is -3.93. The molecule has 0 aliphatic carbocycles. The molecule has 0 saturated carbocycles. The van der Waals surface area contributed by atoms with Gasteiger partial charge in [0, 0.05) is 27.2 Å². The summed E-state index contributed by atoms with van der Waals surface area (Å²) in [6, 6.07) is 13.8. The second-order valence-electron chi connectivity index (χ2n) is 5.77. The zero-order chi connectivity index (χ0) is 18.5. The summed E-state index contributed by atoms with van der Waals surface area (Å²) in [6.07, 6.45) is 0. The Hall–Kier alpha value is -2.90. The lowest BCUT2D eigenvalue weighted by Gasteiger charge is -2.18. The molecule has 26 heavy (non-hydrogen) atoms. The molecule has 130 valence electrons. The minimum Gasteiger partial charge on any atom is -0.288 e. The molecule has 3 aromatic rings. The first-order valence-corrected chi connectivity index (χ1v) is 9.42. The Kier molecular flexibility index (Phi) is 3.71. The van der Waals surface area contributed by atoms with Crippen LogP contribution in [-0.2, 0) is 10.0 Å². The van der Waals surface area contributed by atoms with Gasteiger partial charge in [-0.05, 0) is 47.9 Å². The van der Waals surface area contributed by atoms with E-state index in [4.69, 9.17) is 11.6 Å². The van der Waals surface area contributed by atoms with Crippen molar-refractivity contribution in [2.75, 3.05) is 4.72 Å². The average Bonchev–Trinajstić information content (AvgIpc) is 2.61. The predicted octanol–water partition coefficient (Wildman–Crippen LogP) is 3.18. The molecule has 0 aromatic heterocycles. The van der Waals surface area contributed by atoms with Crippen LogP contribution in [0.25, 0.3) is 10.8 Å². The Balaban J connectivity index is 1.86. The Bertz CT molecular complexity index is 1190. The molecule has 1 heterocycles. The summed E-state index contributed by atoms with van der Waals surface area (Å²) < 4.78 is 27.9. The third-order valence-electron chi connectivity index (χ3n) is 4.07. The molecule has 8 heteroatoms. The summed E-state index contributed by atoms with van der Waals surface area (Å²) in [5.74, 6) is -1.12. The maximum absolute atomic E-state index is 12.7. The largest absolute Gasteiger partial charge is 0.288 e. The Morgan fingerprint density at radius 1 is 0.885 bits per heavy atom. The number of anilines is 1.